The fourth-order valence-corrected chi connectivity index (χ4v) is 8.17. The molecule has 0 aromatic heterocycles. The Balaban J connectivity index is 4.23. The van der Waals surface area contributed by atoms with Gasteiger partial charge in [-0.25, -0.2) is 0 Å². The van der Waals surface area contributed by atoms with Gasteiger partial charge in [0.05, 0.1) is 6.61 Å². The second-order valence-corrected chi connectivity index (χ2v) is 18.8. The van der Waals surface area contributed by atoms with Gasteiger partial charge < -0.3 is 14.2 Å². The summed E-state index contributed by atoms with van der Waals surface area (Å²) < 4.78 is 17.4. The normalized spacial score (nSPS) is 12.5. The first-order chi connectivity index (χ1) is 31.6. The van der Waals surface area contributed by atoms with Crippen molar-refractivity contribution in [3.63, 3.8) is 0 Å². The zero-order chi connectivity index (χ0) is 46.3. The Labute approximate surface area is 399 Å². The van der Waals surface area contributed by atoms with E-state index in [0.717, 1.165) is 77.0 Å². The molecule has 0 aliphatic rings. The highest BCUT2D eigenvalue weighted by Gasteiger charge is 2.17. The molecule has 0 saturated heterocycles. The lowest BCUT2D eigenvalue weighted by atomic mass is 10.0. The fourth-order valence-electron chi connectivity index (χ4n) is 8.17. The second-order valence-electron chi connectivity index (χ2n) is 18.8. The first-order valence-corrected chi connectivity index (χ1v) is 28.2. The molecule has 64 heavy (non-hydrogen) atoms. The first-order valence-electron chi connectivity index (χ1n) is 28.2. The van der Waals surface area contributed by atoms with Crippen LogP contribution in [0.3, 0.4) is 0 Å². The highest BCUT2D eigenvalue weighted by molar-refractivity contribution is 5.70. The summed E-state index contributed by atoms with van der Waals surface area (Å²) in [7, 11) is 0. The van der Waals surface area contributed by atoms with Crippen LogP contribution in [0, 0.1) is 0 Å². The summed E-state index contributed by atoms with van der Waals surface area (Å²) in [6, 6.07) is 0. The van der Waals surface area contributed by atoms with E-state index < -0.39 is 6.10 Å². The van der Waals surface area contributed by atoms with Crippen molar-refractivity contribution in [2.75, 3.05) is 19.8 Å². The molecule has 0 aliphatic heterocycles. The molecule has 5 heteroatoms. The molecule has 1 unspecified atom stereocenters. The molecule has 0 saturated carbocycles. The number of allylic oxidation sites excluding steroid dienone is 8. The molecule has 0 N–H and O–H groups in total. The van der Waals surface area contributed by atoms with Gasteiger partial charge in [-0.15, -0.1) is 0 Å². The van der Waals surface area contributed by atoms with Crippen LogP contribution in [0.2, 0.25) is 0 Å². The monoisotopic (exact) mass is 897 g/mol. The van der Waals surface area contributed by atoms with Gasteiger partial charge in [-0.2, -0.15) is 0 Å². The van der Waals surface area contributed by atoms with E-state index in [0.29, 0.717) is 19.4 Å². The predicted octanol–water partition coefficient (Wildman–Crippen LogP) is 19.1. The summed E-state index contributed by atoms with van der Waals surface area (Å²) in [6.07, 6.45) is 68.4. The van der Waals surface area contributed by atoms with Crippen molar-refractivity contribution in [3.8, 4) is 0 Å². The first kappa shape index (κ1) is 61.9. The van der Waals surface area contributed by atoms with Gasteiger partial charge in [-0.1, -0.05) is 249 Å². The van der Waals surface area contributed by atoms with Crippen LogP contribution in [-0.2, 0) is 23.8 Å². The van der Waals surface area contributed by atoms with Crippen LogP contribution in [0.25, 0.3) is 0 Å². The lowest BCUT2D eigenvalue weighted by Gasteiger charge is -2.18. The average Bonchev–Trinajstić information content (AvgIpc) is 3.30. The molecule has 0 heterocycles. The van der Waals surface area contributed by atoms with E-state index in [4.69, 9.17) is 14.2 Å². The molecule has 0 spiro atoms. The zero-order valence-corrected chi connectivity index (χ0v) is 43.1. The molecular weight excluding hydrogens is 789 g/mol. The molecule has 0 bridgehead atoms. The van der Waals surface area contributed by atoms with Crippen LogP contribution in [0.1, 0.15) is 290 Å². The van der Waals surface area contributed by atoms with Gasteiger partial charge in [0.25, 0.3) is 0 Å². The van der Waals surface area contributed by atoms with E-state index in [1.54, 1.807) is 0 Å². The molecule has 374 valence electrons. The zero-order valence-electron chi connectivity index (χ0n) is 43.1. The number of carbonyl (C=O) groups is 2. The van der Waals surface area contributed by atoms with Crippen molar-refractivity contribution in [2.24, 2.45) is 0 Å². The number of esters is 2. The Hall–Kier alpha value is -2.14. The van der Waals surface area contributed by atoms with Crippen LogP contribution in [0.15, 0.2) is 48.6 Å². The number of hydrogen-bond donors (Lipinski definition) is 0. The second kappa shape index (κ2) is 55.2. The maximum absolute atomic E-state index is 12.8. The van der Waals surface area contributed by atoms with Gasteiger partial charge in [0.2, 0.25) is 0 Å². The Morgan fingerprint density at radius 2 is 0.703 bits per heavy atom. The third-order valence-electron chi connectivity index (χ3n) is 12.3. The summed E-state index contributed by atoms with van der Waals surface area (Å²) in [4.78, 5) is 25.5. The fraction of sp³-hybridized carbons (Fsp3) is 0.831. The summed E-state index contributed by atoms with van der Waals surface area (Å²) in [5, 5.41) is 0. The Morgan fingerprint density at radius 3 is 1.16 bits per heavy atom. The van der Waals surface area contributed by atoms with Gasteiger partial charge >= 0.3 is 11.9 Å². The van der Waals surface area contributed by atoms with E-state index in [-0.39, 0.29) is 25.2 Å². The lowest BCUT2D eigenvalue weighted by Crippen LogP contribution is -2.30. The highest BCUT2D eigenvalue weighted by atomic mass is 16.6. The molecule has 0 aliphatic carbocycles. The standard InChI is InChI=1S/C59H108O5/c1-4-7-10-13-16-19-22-25-27-29-30-31-32-35-37-40-43-46-49-52-58(60)63-56-57(64-59(61)53-50-47-44-41-38-34-24-21-18-15-12-9-6-3)55-62-54-51-48-45-42-39-36-33-28-26-23-20-17-14-11-8-5-2/h8,11,17,20-21,24,26,28,57H,4-7,9-10,12-16,18-19,22-23,25,27,29-56H2,1-3H3/b11-8-,20-17-,24-21-,28-26-. The van der Waals surface area contributed by atoms with Crippen LogP contribution in [0.5, 0.6) is 0 Å². The minimum atomic E-state index is -0.545. The number of rotatable bonds is 52. The molecule has 0 fully saturated rings. The number of hydrogen-bond acceptors (Lipinski definition) is 5. The number of ether oxygens (including phenoxy) is 3. The molecular formula is C59H108O5. The summed E-state index contributed by atoms with van der Waals surface area (Å²) in [6.45, 7) is 7.71. The average molecular weight is 898 g/mol. The third kappa shape index (κ3) is 52.5. The van der Waals surface area contributed by atoms with Crippen LogP contribution >= 0.6 is 0 Å². The quantitative estimate of drug-likeness (QED) is 0.0346. The van der Waals surface area contributed by atoms with Crippen molar-refractivity contribution in [2.45, 2.75) is 297 Å². The van der Waals surface area contributed by atoms with Crippen molar-refractivity contribution in [1.82, 2.24) is 0 Å². The largest absolute Gasteiger partial charge is 0.462 e. The Kier molecular flexibility index (Phi) is 53.3. The number of unbranched alkanes of at least 4 members (excludes halogenated alkanes) is 33. The van der Waals surface area contributed by atoms with Gasteiger partial charge in [0, 0.05) is 19.4 Å². The van der Waals surface area contributed by atoms with E-state index in [1.807, 2.05) is 0 Å². The lowest BCUT2D eigenvalue weighted by molar-refractivity contribution is -0.163. The predicted molar refractivity (Wildman–Crippen MR) is 279 cm³/mol. The molecule has 0 amide bonds. The van der Waals surface area contributed by atoms with E-state index >= 15 is 0 Å². The molecule has 0 radical (unpaired) electrons. The van der Waals surface area contributed by atoms with Crippen LogP contribution < -0.4 is 0 Å². The maximum Gasteiger partial charge on any atom is 0.306 e. The van der Waals surface area contributed by atoms with Crippen molar-refractivity contribution in [3.05, 3.63) is 48.6 Å². The van der Waals surface area contributed by atoms with E-state index in [1.165, 1.54) is 180 Å². The van der Waals surface area contributed by atoms with Crippen molar-refractivity contribution >= 4 is 11.9 Å². The van der Waals surface area contributed by atoms with Crippen LogP contribution in [-0.4, -0.2) is 37.9 Å². The minimum absolute atomic E-state index is 0.0802. The van der Waals surface area contributed by atoms with E-state index in [9.17, 15) is 9.59 Å². The molecule has 0 aromatic rings. The summed E-state index contributed by atoms with van der Waals surface area (Å²) >= 11 is 0. The Bertz CT molecular complexity index is 1060. The summed E-state index contributed by atoms with van der Waals surface area (Å²) in [5.74, 6) is -0.400. The van der Waals surface area contributed by atoms with Gasteiger partial charge in [0.15, 0.2) is 6.10 Å². The van der Waals surface area contributed by atoms with Crippen molar-refractivity contribution < 1.29 is 23.8 Å². The van der Waals surface area contributed by atoms with Gasteiger partial charge in [0.1, 0.15) is 6.61 Å². The SMILES string of the molecule is CC/C=C\C/C=C\C/C=C\CCCCCCCCOCC(COC(=O)CCCCCCCCCCCCCCCCCCCCC)OC(=O)CCCCCCC/C=C\CCCCCC. The van der Waals surface area contributed by atoms with Gasteiger partial charge in [-0.05, 0) is 77.0 Å². The highest BCUT2D eigenvalue weighted by Crippen LogP contribution is 2.16. The van der Waals surface area contributed by atoms with E-state index in [2.05, 4.69) is 69.4 Å². The minimum Gasteiger partial charge on any atom is -0.462 e. The Morgan fingerprint density at radius 1 is 0.359 bits per heavy atom. The third-order valence-corrected chi connectivity index (χ3v) is 12.3. The molecule has 1 atom stereocenters. The van der Waals surface area contributed by atoms with Gasteiger partial charge in [-0.3, -0.25) is 9.59 Å². The molecule has 5 nitrogen and oxygen atoms in total. The summed E-state index contributed by atoms with van der Waals surface area (Å²) in [5.41, 5.74) is 0. The topological polar surface area (TPSA) is 61.8 Å². The van der Waals surface area contributed by atoms with Crippen LogP contribution in [0.4, 0.5) is 0 Å². The molecule has 0 rings (SSSR count). The number of carbonyl (C=O) groups excluding carboxylic acids is 2. The maximum atomic E-state index is 12.8. The smallest absolute Gasteiger partial charge is 0.306 e. The molecule has 0 aromatic carbocycles. The van der Waals surface area contributed by atoms with Crippen molar-refractivity contribution in [1.29, 1.82) is 0 Å².